The maximum Gasteiger partial charge on any atom is 0.303 e. The standard InChI is InChI=1S/C20H34O4/c1-2-3-4-5-9-12-18(21)17-14-15-19(22)16(17)11-8-6-7-10-13-20(23)24/h9,12,16-18,21H,2-8,10-11,13-15H2,1H3,(H,23,24)/b12-9-/t16-,17+,18?/m1/s1. The summed E-state index contributed by atoms with van der Waals surface area (Å²) in [6, 6.07) is 0. The molecule has 24 heavy (non-hydrogen) atoms. The van der Waals surface area contributed by atoms with Gasteiger partial charge in [-0.15, -0.1) is 0 Å². The molecule has 0 aliphatic heterocycles. The molecule has 4 heteroatoms. The molecule has 0 radical (unpaired) electrons. The van der Waals surface area contributed by atoms with Crippen molar-refractivity contribution >= 4 is 11.8 Å². The van der Waals surface area contributed by atoms with Gasteiger partial charge in [-0.1, -0.05) is 51.2 Å². The molecule has 1 unspecified atom stereocenters. The zero-order valence-electron chi connectivity index (χ0n) is 15.1. The minimum absolute atomic E-state index is 0.0141. The Balaban J connectivity index is 2.30. The molecule has 0 saturated heterocycles. The van der Waals surface area contributed by atoms with Crippen LogP contribution in [-0.2, 0) is 9.59 Å². The average Bonchev–Trinajstić information content (AvgIpc) is 2.91. The maximum atomic E-state index is 12.1. The maximum absolute atomic E-state index is 12.1. The second-order valence-corrected chi connectivity index (χ2v) is 7.04. The summed E-state index contributed by atoms with van der Waals surface area (Å²) in [5, 5.41) is 19.0. The van der Waals surface area contributed by atoms with E-state index in [2.05, 4.69) is 13.0 Å². The monoisotopic (exact) mass is 338 g/mol. The second kappa shape index (κ2) is 12.2. The van der Waals surface area contributed by atoms with Gasteiger partial charge in [0.1, 0.15) is 5.78 Å². The number of aliphatic carboxylic acids is 1. The lowest BCUT2D eigenvalue weighted by Crippen LogP contribution is -2.25. The van der Waals surface area contributed by atoms with Crippen molar-refractivity contribution in [3.63, 3.8) is 0 Å². The molecule has 1 saturated carbocycles. The molecular formula is C20H34O4. The molecule has 1 fully saturated rings. The number of carboxylic acid groups (broad SMARTS) is 1. The van der Waals surface area contributed by atoms with Crippen molar-refractivity contribution in [2.75, 3.05) is 0 Å². The quantitative estimate of drug-likeness (QED) is 0.383. The largest absolute Gasteiger partial charge is 0.481 e. The highest BCUT2D eigenvalue weighted by molar-refractivity contribution is 5.83. The van der Waals surface area contributed by atoms with Gasteiger partial charge in [-0.25, -0.2) is 0 Å². The van der Waals surface area contributed by atoms with Crippen molar-refractivity contribution in [3.05, 3.63) is 12.2 Å². The Kier molecular flexibility index (Phi) is 10.6. The van der Waals surface area contributed by atoms with E-state index < -0.39 is 12.1 Å². The zero-order valence-corrected chi connectivity index (χ0v) is 15.1. The number of unbranched alkanes of at least 4 members (excludes halogenated alkanes) is 6. The fraction of sp³-hybridized carbons (Fsp3) is 0.800. The van der Waals surface area contributed by atoms with E-state index in [0.29, 0.717) is 18.6 Å². The Morgan fingerprint density at radius 2 is 1.96 bits per heavy atom. The van der Waals surface area contributed by atoms with Gasteiger partial charge < -0.3 is 10.2 Å². The topological polar surface area (TPSA) is 74.6 Å². The van der Waals surface area contributed by atoms with Crippen LogP contribution < -0.4 is 0 Å². The molecule has 0 aromatic rings. The van der Waals surface area contributed by atoms with Crippen LogP contribution in [0.1, 0.15) is 84.0 Å². The summed E-state index contributed by atoms with van der Waals surface area (Å²) in [4.78, 5) is 22.6. The van der Waals surface area contributed by atoms with Gasteiger partial charge in [0.2, 0.25) is 0 Å². The Bertz CT molecular complexity index is 402. The van der Waals surface area contributed by atoms with Crippen LogP contribution in [0.2, 0.25) is 0 Å². The number of hydrogen-bond acceptors (Lipinski definition) is 3. The first-order valence-electron chi connectivity index (χ1n) is 9.65. The zero-order chi connectivity index (χ0) is 17.8. The Morgan fingerprint density at radius 1 is 1.21 bits per heavy atom. The molecule has 1 rings (SSSR count). The molecule has 0 aromatic carbocycles. The van der Waals surface area contributed by atoms with E-state index in [1.165, 1.54) is 12.8 Å². The molecule has 1 aliphatic rings. The van der Waals surface area contributed by atoms with Crippen molar-refractivity contribution in [2.45, 2.75) is 90.1 Å². The third-order valence-corrected chi connectivity index (χ3v) is 5.06. The number of carboxylic acids is 1. The van der Waals surface area contributed by atoms with Gasteiger partial charge >= 0.3 is 5.97 Å². The molecule has 0 bridgehead atoms. The number of aliphatic hydroxyl groups excluding tert-OH is 1. The van der Waals surface area contributed by atoms with Crippen LogP contribution in [0, 0.1) is 11.8 Å². The van der Waals surface area contributed by atoms with Gasteiger partial charge in [0, 0.05) is 18.8 Å². The van der Waals surface area contributed by atoms with Crippen LogP contribution in [0.25, 0.3) is 0 Å². The number of allylic oxidation sites excluding steroid dienone is 1. The molecule has 2 N–H and O–H groups in total. The summed E-state index contributed by atoms with van der Waals surface area (Å²) in [5.41, 5.74) is 0. The van der Waals surface area contributed by atoms with E-state index in [4.69, 9.17) is 5.11 Å². The van der Waals surface area contributed by atoms with Crippen molar-refractivity contribution in [2.24, 2.45) is 11.8 Å². The highest BCUT2D eigenvalue weighted by Gasteiger charge is 2.37. The van der Waals surface area contributed by atoms with Crippen LogP contribution >= 0.6 is 0 Å². The van der Waals surface area contributed by atoms with E-state index in [0.717, 1.165) is 44.9 Å². The number of ketones is 1. The summed E-state index contributed by atoms with van der Waals surface area (Å²) in [7, 11) is 0. The number of carbonyl (C=O) groups is 2. The molecule has 3 atom stereocenters. The SMILES string of the molecule is CCCCC/C=C\C(O)[C@H]1CCC(=O)[C@@H]1CCCCCCC(=O)O. The van der Waals surface area contributed by atoms with Gasteiger partial charge in [-0.2, -0.15) is 0 Å². The van der Waals surface area contributed by atoms with E-state index in [-0.39, 0.29) is 18.3 Å². The average molecular weight is 338 g/mol. The van der Waals surface area contributed by atoms with Gasteiger partial charge in [0.15, 0.2) is 0 Å². The van der Waals surface area contributed by atoms with Gasteiger partial charge in [-0.3, -0.25) is 9.59 Å². The lowest BCUT2D eigenvalue weighted by molar-refractivity contribution is -0.137. The second-order valence-electron chi connectivity index (χ2n) is 7.04. The van der Waals surface area contributed by atoms with Crippen molar-refractivity contribution < 1.29 is 19.8 Å². The van der Waals surface area contributed by atoms with Crippen LogP contribution in [0.5, 0.6) is 0 Å². The Labute approximate surface area is 146 Å². The van der Waals surface area contributed by atoms with Crippen molar-refractivity contribution in [1.29, 1.82) is 0 Å². The highest BCUT2D eigenvalue weighted by Crippen LogP contribution is 2.35. The van der Waals surface area contributed by atoms with Crippen LogP contribution in [0.3, 0.4) is 0 Å². The van der Waals surface area contributed by atoms with Crippen molar-refractivity contribution in [3.8, 4) is 0 Å². The molecule has 4 nitrogen and oxygen atoms in total. The molecular weight excluding hydrogens is 304 g/mol. The van der Waals surface area contributed by atoms with Crippen molar-refractivity contribution in [1.82, 2.24) is 0 Å². The fourth-order valence-corrected chi connectivity index (χ4v) is 3.60. The number of carbonyl (C=O) groups excluding carboxylic acids is 1. The first kappa shape index (κ1) is 20.9. The normalized spacial score (nSPS) is 22.3. The molecule has 0 heterocycles. The molecule has 0 amide bonds. The highest BCUT2D eigenvalue weighted by atomic mass is 16.4. The Hall–Kier alpha value is -1.16. The predicted molar refractivity (Wildman–Crippen MR) is 95.8 cm³/mol. The fourth-order valence-electron chi connectivity index (χ4n) is 3.60. The third-order valence-electron chi connectivity index (χ3n) is 5.06. The number of Topliss-reactive ketones (excluding diaryl/α,β-unsaturated/α-hetero) is 1. The van der Waals surface area contributed by atoms with E-state index in [1.807, 2.05) is 6.08 Å². The van der Waals surface area contributed by atoms with Gasteiger partial charge in [0.05, 0.1) is 6.10 Å². The lowest BCUT2D eigenvalue weighted by Gasteiger charge is -2.21. The van der Waals surface area contributed by atoms with E-state index >= 15 is 0 Å². The Morgan fingerprint density at radius 3 is 2.67 bits per heavy atom. The first-order valence-corrected chi connectivity index (χ1v) is 9.65. The summed E-state index contributed by atoms with van der Waals surface area (Å²) < 4.78 is 0. The lowest BCUT2D eigenvalue weighted by atomic mass is 9.86. The number of hydrogen-bond donors (Lipinski definition) is 2. The first-order chi connectivity index (χ1) is 11.6. The summed E-state index contributed by atoms with van der Waals surface area (Å²) >= 11 is 0. The van der Waals surface area contributed by atoms with E-state index in [1.54, 1.807) is 0 Å². The predicted octanol–water partition coefficient (Wildman–Crippen LogP) is 4.50. The molecule has 0 spiro atoms. The minimum atomic E-state index is -0.741. The summed E-state index contributed by atoms with van der Waals surface area (Å²) in [6.45, 7) is 2.18. The van der Waals surface area contributed by atoms with Crippen LogP contribution in [0.4, 0.5) is 0 Å². The van der Waals surface area contributed by atoms with Crippen LogP contribution in [-0.4, -0.2) is 28.1 Å². The molecule has 1 aliphatic carbocycles. The molecule has 138 valence electrons. The van der Waals surface area contributed by atoms with Gasteiger partial charge in [0.25, 0.3) is 0 Å². The number of aliphatic hydroxyl groups is 1. The van der Waals surface area contributed by atoms with E-state index in [9.17, 15) is 14.7 Å². The smallest absolute Gasteiger partial charge is 0.303 e. The number of rotatable bonds is 13. The van der Waals surface area contributed by atoms with Crippen LogP contribution in [0.15, 0.2) is 12.2 Å². The summed E-state index contributed by atoms with van der Waals surface area (Å²) in [6.07, 6.45) is 14.0. The van der Waals surface area contributed by atoms with Gasteiger partial charge in [-0.05, 0) is 38.0 Å². The summed E-state index contributed by atoms with van der Waals surface area (Å²) in [5.74, 6) is -0.391. The third kappa shape index (κ3) is 8.09. The molecule has 0 aromatic heterocycles. The minimum Gasteiger partial charge on any atom is -0.481 e.